The second-order valence-electron chi connectivity index (χ2n) is 5.73. The van der Waals surface area contributed by atoms with Crippen molar-refractivity contribution in [2.75, 3.05) is 6.54 Å². The lowest BCUT2D eigenvalue weighted by Crippen LogP contribution is -2.23. The number of H-pyrrole nitrogens is 1. The minimum atomic E-state index is 0.670. The van der Waals surface area contributed by atoms with E-state index in [2.05, 4.69) is 43.2 Å². The number of aromatic amines is 1. The highest BCUT2D eigenvalue weighted by atomic mass is 14.9. The topological polar surface area (TPSA) is 27.8 Å². The SMILES string of the molecule is Cc1cc(C)c2[nH]c(C)c(C[C@H]3CCCN3)c2c1. The van der Waals surface area contributed by atoms with E-state index in [4.69, 9.17) is 0 Å². The number of benzene rings is 1. The molecule has 2 nitrogen and oxygen atoms in total. The van der Waals surface area contributed by atoms with E-state index < -0.39 is 0 Å². The van der Waals surface area contributed by atoms with Crippen molar-refractivity contribution in [2.45, 2.75) is 46.1 Å². The Hall–Kier alpha value is -1.28. The van der Waals surface area contributed by atoms with Crippen LogP contribution in [0.15, 0.2) is 12.1 Å². The smallest absolute Gasteiger partial charge is 0.0488 e. The molecular formula is C16H22N2. The predicted molar refractivity (Wildman–Crippen MR) is 77.2 cm³/mol. The Bertz CT molecular complexity index is 574. The van der Waals surface area contributed by atoms with Crippen LogP contribution < -0.4 is 5.32 Å². The molecule has 2 heterocycles. The van der Waals surface area contributed by atoms with Crippen molar-refractivity contribution in [3.63, 3.8) is 0 Å². The number of rotatable bonds is 2. The molecule has 0 saturated carbocycles. The second-order valence-corrected chi connectivity index (χ2v) is 5.73. The maximum absolute atomic E-state index is 3.60. The lowest BCUT2D eigenvalue weighted by molar-refractivity contribution is 0.603. The fourth-order valence-electron chi connectivity index (χ4n) is 3.28. The Morgan fingerprint density at radius 1 is 1.22 bits per heavy atom. The summed E-state index contributed by atoms with van der Waals surface area (Å²) in [6.45, 7) is 7.78. The molecule has 1 atom stereocenters. The van der Waals surface area contributed by atoms with Gasteiger partial charge in [0.05, 0.1) is 0 Å². The summed E-state index contributed by atoms with van der Waals surface area (Å²) >= 11 is 0. The van der Waals surface area contributed by atoms with Gasteiger partial charge in [0.25, 0.3) is 0 Å². The summed E-state index contributed by atoms with van der Waals surface area (Å²) in [4.78, 5) is 3.57. The molecule has 0 unspecified atom stereocenters. The zero-order valence-electron chi connectivity index (χ0n) is 11.6. The van der Waals surface area contributed by atoms with Gasteiger partial charge >= 0.3 is 0 Å². The van der Waals surface area contributed by atoms with Crippen molar-refractivity contribution < 1.29 is 0 Å². The quantitative estimate of drug-likeness (QED) is 0.830. The molecule has 0 spiro atoms. The van der Waals surface area contributed by atoms with E-state index in [9.17, 15) is 0 Å². The van der Waals surface area contributed by atoms with Crippen LogP contribution in [0.1, 0.15) is 35.2 Å². The Balaban J connectivity index is 2.06. The Kier molecular flexibility index (Phi) is 2.90. The monoisotopic (exact) mass is 242 g/mol. The first-order chi connectivity index (χ1) is 8.65. The maximum Gasteiger partial charge on any atom is 0.0488 e. The molecule has 18 heavy (non-hydrogen) atoms. The molecule has 0 aliphatic carbocycles. The number of fused-ring (bicyclic) bond motifs is 1. The molecule has 0 bridgehead atoms. The van der Waals surface area contributed by atoms with Gasteiger partial charge in [-0.2, -0.15) is 0 Å². The van der Waals surface area contributed by atoms with Crippen LogP contribution in [-0.2, 0) is 6.42 Å². The number of hydrogen-bond donors (Lipinski definition) is 2. The standard InChI is InChI=1S/C16H22N2/c1-10-7-11(2)16-15(8-10)14(12(3)18-16)9-13-5-4-6-17-13/h7-8,13,17-18H,4-6,9H2,1-3H3/t13-/m1/s1. The normalized spacial score (nSPS) is 19.8. The van der Waals surface area contributed by atoms with E-state index in [0.717, 1.165) is 6.42 Å². The Morgan fingerprint density at radius 3 is 2.78 bits per heavy atom. The van der Waals surface area contributed by atoms with Crippen molar-refractivity contribution in [3.8, 4) is 0 Å². The molecule has 1 saturated heterocycles. The fraction of sp³-hybridized carbons (Fsp3) is 0.500. The molecule has 1 aromatic carbocycles. The van der Waals surface area contributed by atoms with Crippen molar-refractivity contribution in [1.82, 2.24) is 10.3 Å². The molecular weight excluding hydrogens is 220 g/mol. The summed E-state index contributed by atoms with van der Waals surface area (Å²) in [5, 5.41) is 5.03. The van der Waals surface area contributed by atoms with Crippen molar-refractivity contribution in [2.24, 2.45) is 0 Å². The van der Waals surface area contributed by atoms with E-state index in [1.54, 1.807) is 0 Å². The average molecular weight is 242 g/mol. The lowest BCUT2D eigenvalue weighted by Gasteiger charge is -2.10. The third-order valence-electron chi connectivity index (χ3n) is 4.18. The third-order valence-corrected chi connectivity index (χ3v) is 4.18. The molecule has 96 valence electrons. The average Bonchev–Trinajstić information content (AvgIpc) is 2.91. The zero-order valence-corrected chi connectivity index (χ0v) is 11.6. The molecule has 1 aliphatic rings. The van der Waals surface area contributed by atoms with Crippen LogP contribution in [0.5, 0.6) is 0 Å². The molecule has 1 fully saturated rings. The summed E-state index contributed by atoms with van der Waals surface area (Å²) in [5.74, 6) is 0. The van der Waals surface area contributed by atoms with Crippen LogP contribution >= 0.6 is 0 Å². The molecule has 1 aromatic heterocycles. The zero-order chi connectivity index (χ0) is 12.7. The number of aromatic nitrogens is 1. The van der Waals surface area contributed by atoms with Gasteiger partial charge in [0.1, 0.15) is 0 Å². The van der Waals surface area contributed by atoms with Crippen LogP contribution in [-0.4, -0.2) is 17.6 Å². The van der Waals surface area contributed by atoms with Crippen LogP contribution in [0.2, 0.25) is 0 Å². The number of aryl methyl sites for hydroxylation is 3. The molecule has 1 aliphatic heterocycles. The minimum Gasteiger partial charge on any atom is -0.358 e. The molecule has 2 aromatic rings. The lowest BCUT2D eigenvalue weighted by atomic mass is 9.99. The highest BCUT2D eigenvalue weighted by Crippen LogP contribution is 2.28. The summed E-state index contributed by atoms with van der Waals surface area (Å²) in [6, 6.07) is 5.26. The van der Waals surface area contributed by atoms with Crippen molar-refractivity contribution in [3.05, 3.63) is 34.5 Å². The van der Waals surface area contributed by atoms with Gasteiger partial charge in [-0.25, -0.2) is 0 Å². The van der Waals surface area contributed by atoms with Gasteiger partial charge < -0.3 is 10.3 Å². The van der Waals surface area contributed by atoms with Gasteiger partial charge in [-0.05, 0) is 63.8 Å². The van der Waals surface area contributed by atoms with Crippen molar-refractivity contribution in [1.29, 1.82) is 0 Å². The first-order valence-electron chi connectivity index (χ1n) is 6.97. The molecule has 2 heteroatoms. The summed E-state index contributed by atoms with van der Waals surface area (Å²) < 4.78 is 0. The second kappa shape index (κ2) is 4.43. The number of hydrogen-bond acceptors (Lipinski definition) is 1. The van der Waals surface area contributed by atoms with E-state index >= 15 is 0 Å². The summed E-state index contributed by atoms with van der Waals surface area (Å²) in [7, 11) is 0. The van der Waals surface area contributed by atoms with Crippen LogP contribution in [0, 0.1) is 20.8 Å². The predicted octanol–water partition coefficient (Wildman–Crippen LogP) is 3.39. The summed E-state index contributed by atoms with van der Waals surface area (Å²) in [6.07, 6.45) is 3.80. The minimum absolute atomic E-state index is 0.670. The first-order valence-corrected chi connectivity index (χ1v) is 6.97. The van der Waals surface area contributed by atoms with Crippen LogP contribution in [0.3, 0.4) is 0 Å². The Labute approximate surface area is 109 Å². The third kappa shape index (κ3) is 1.95. The van der Waals surface area contributed by atoms with Gasteiger partial charge in [0, 0.05) is 22.6 Å². The van der Waals surface area contributed by atoms with E-state index in [1.807, 2.05) is 0 Å². The van der Waals surface area contributed by atoms with Crippen LogP contribution in [0.4, 0.5) is 0 Å². The molecule has 2 N–H and O–H groups in total. The van der Waals surface area contributed by atoms with Gasteiger partial charge in [0.15, 0.2) is 0 Å². The van der Waals surface area contributed by atoms with Gasteiger partial charge in [-0.1, -0.05) is 11.6 Å². The highest BCUT2D eigenvalue weighted by Gasteiger charge is 2.18. The maximum atomic E-state index is 3.60. The first kappa shape index (κ1) is 11.8. The van der Waals surface area contributed by atoms with Crippen molar-refractivity contribution >= 4 is 10.9 Å². The molecule has 3 rings (SSSR count). The van der Waals surface area contributed by atoms with E-state index in [-0.39, 0.29) is 0 Å². The van der Waals surface area contributed by atoms with Crippen LogP contribution in [0.25, 0.3) is 10.9 Å². The molecule has 0 radical (unpaired) electrons. The fourth-order valence-corrected chi connectivity index (χ4v) is 3.28. The van der Waals surface area contributed by atoms with E-state index in [1.165, 1.54) is 52.7 Å². The number of nitrogens with one attached hydrogen (secondary N) is 2. The van der Waals surface area contributed by atoms with Gasteiger partial charge in [-0.15, -0.1) is 0 Å². The van der Waals surface area contributed by atoms with E-state index in [0.29, 0.717) is 6.04 Å². The summed E-state index contributed by atoms with van der Waals surface area (Å²) in [5.41, 5.74) is 6.90. The molecule has 0 amide bonds. The largest absolute Gasteiger partial charge is 0.358 e. The highest BCUT2D eigenvalue weighted by molar-refractivity contribution is 5.88. The van der Waals surface area contributed by atoms with Gasteiger partial charge in [0.2, 0.25) is 0 Å². The Morgan fingerprint density at radius 2 is 2.06 bits per heavy atom. The van der Waals surface area contributed by atoms with Gasteiger partial charge in [-0.3, -0.25) is 0 Å².